The second-order valence-electron chi connectivity index (χ2n) is 8.76. The van der Waals surface area contributed by atoms with Crippen LogP contribution in [0.25, 0.3) is 11.1 Å². The molecule has 0 N–H and O–H groups in total. The maximum absolute atomic E-state index is 13.1. The second kappa shape index (κ2) is 9.51. The Hall–Kier alpha value is -3.21. The molecule has 1 aliphatic heterocycles. The fourth-order valence-corrected chi connectivity index (χ4v) is 4.68. The number of amides is 1. The number of piperidine rings is 1. The van der Waals surface area contributed by atoms with Crippen molar-refractivity contribution in [2.24, 2.45) is 13.0 Å². The largest absolute Gasteiger partial charge is 0.342 e. The molecular weight excluding hydrogens is 398 g/mol. The van der Waals surface area contributed by atoms with Gasteiger partial charge in [-0.25, -0.2) is 0 Å². The number of hydrogen-bond donors (Lipinski definition) is 0. The minimum atomic E-state index is -0.128. The Bertz CT molecular complexity index is 1100. The molecule has 2 heterocycles. The van der Waals surface area contributed by atoms with E-state index in [4.69, 9.17) is 0 Å². The predicted molar refractivity (Wildman–Crippen MR) is 127 cm³/mol. The van der Waals surface area contributed by atoms with Crippen molar-refractivity contribution in [2.75, 3.05) is 13.1 Å². The highest BCUT2D eigenvalue weighted by Gasteiger charge is 2.29. The number of benzene rings is 2. The smallest absolute Gasteiger partial charge is 0.222 e. The number of aromatic nitrogens is 2. The van der Waals surface area contributed by atoms with Crippen molar-refractivity contribution in [1.82, 2.24) is 14.7 Å². The lowest BCUT2D eigenvalue weighted by Crippen LogP contribution is -2.42. The highest BCUT2D eigenvalue weighted by molar-refractivity contribution is 5.98. The van der Waals surface area contributed by atoms with E-state index < -0.39 is 0 Å². The van der Waals surface area contributed by atoms with E-state index in [-0.39, 0.29) is 17.6 Å². The van der Waals surface area contributed by atoms with Gasteiger partial charge in [0.05, 0.1) is 5.69 Å². The fraction of sp³-hybridized carbons (Fsp3) is 0.370. The zero-order valence-corrected chi connectivity index (χ0v) is 19.2. The van der Waals surface area contributed by atoms with Gasteiger partial charge in [0.15, 0.2) is 5.78 Å². The molecule has 5 nitrogen and oxygen atoms in total. The molecular formula is C27H31N3O2. The first kappa shape index (κ1) is 22.0. The molecule has 1 aromatic heterocycles. The van der Waals surface area contributed by atoms with Crippen molar-refractivity contribution < 1.29 is 9.59 Å². The number of hydrogen-bond acceptors (Lipinski definition) is 3. The van der Waals surface area contributed by atoms with Crippen molar-refractivity contribution >= 4 is 11.7 Å². The van der Waals surface area contributed by atoms with Gasteiger partial charge in [0, 0.05) is 43.7 Å². The van der Waals surface area contributed by atoms with E-state index in [1.807, 2.05) is 72.9 Å². The van der Waals surface area contributed by atoms with Crippen LogP contribution < -0.4 is 0 Å². The van der Waals surface area contributed by atoms with Gasteiger partial charge in [0.1, 0.15) is 0 Å². The molecule has 1 amide bonds. The average molecular weight is 430 g/mol. The van der Waals surface area contributed by atoms with Gasteiger partial charge in [-0.2, -0.15) is 5.10 Å². The van der Waals surface area contributed by atoms with Gasteiger partial charge in [-0.05, 0) is 49.8 Å². The summed E-state index contributed by atoms with van der Waals surface area (Å²) in [5, 5.41) is 4.44. The first-order valence-electron chi connectivity index (χ1n) is 11.4. The minimum Gasteiger partial charge on any atom is -0.342 e. The van der Waals surface area contributed by atoms with E-state index in [9.17, 15) is 9.59 Å². The maximum Gasteiger partial charge on any atom is 0.222 e. The molecule has 2 aromatic carbocycles. The van der Waals surface area contributed by atoms with Gasteiger partial charge in [-0.1, -0.05) is 54.6 Å². The standard InChI is InChI=1S/C27H31N3O2/c1-19-25(20(2)29(3)28-19)15-16-26(31)30-17-7-10-24(18-30)27(32)23-13-11-22(12-14-23)21-8-5-4-6-9-21/h4-6,8-9,11-14,24H,7,10,15-18H2,1-3H3/t24-/m1/s1. The highest BCUT2D eigenvalue weighted by Crippen LogP contribution is 2.25. The molecule has 4 rings (SSSR count). The van der Waals surface area contributed by atoms with Gasteiger partial charge >= 0.3 is 0 Å². The summed E-state index contributed by atoms with van der Waals surface area (Å²) in [5.41, 5.74) is 6.22. The van der Waals surface area contributed by atoms with E-state index >= 15 is 0 Å². The molecule has 166 valence electrons. The van der Waals surface area contributed by atoms with Crippen molar-refractivity contribution in [2.45, 2.75) is 39.5 Å². The summed E-state index contributed by atoms with van der Waals surface area (Å²) in [4.78, 5) is 27.9. The molecule has 3 aromatic rings. The molecule has 0 aliphatic carbocycles. The number of ketones is 1. The van der Waals surface area contributed by atoms with Crippen LogP contribution in [-0.4, -0.2) is 39.5 Å². The summed E-state index contributed by atoms with van der Waals surface area (Å²) < 4.78 is 1.87. The predicted octanol–water partition coefficient (Wildman–Crippen LogP) is 4.76. The van der Waals surface area contributed by atoms with Crippen LogP contribution in [0.3, 0.4) is 0 Å². The third-order valence-corrected chi connectivity index (χ3v) is 6.67. The summed E-state index contributed by atoms with van der Waals surface area (Å²) in [7, 11) is 1.93. The van der Waals surface area contributed by atoms with Crippen LogP contribution in [0, 0.1) is 19.8 Å². The second-order valence-corrected chi connectivity index (χ2v) is 8.76. The first-order valence-corrected chi connectivity index (χ1v) is 11.4. The normalized spacial score (nSPS) is 16.2. The number of aryl methyl sites for hydroxylation is 2. The molecule has 0 saturated carbocycles. The Balaban J connectivity index is 1.37. The SMILES string of the molecule is Cc1nn(C)c(C)c1CCC(=O)N1CCC[C@@H](C(=O)c2ccc(-c3ccccc3)cc2)C1. The molecule has 1 aliphatic rings. The first-order chi connectivity index (χ1) is 15.4. The van der Waals surface area contributed by atoms with E-state index in [2.05, 4.69) is 17.2 Å². The van der Waals surface area contributed by atoms with Crippen LogP contribution in [0.15, 0.2) is 54.6 Å². The van der Waals surface area contributed by atoms with Crippen molar-refractivity contribution in [3.05, 3.63) is 77.1 Å². The maximum atomic E-state index is 13.1. The van der Waals surface area contributed by atoms with Crippen LogP contribution >= 0.6 is 0 Å². The topological polar surface area (TPSA) is 55.2 Å². The fourth-order valence-electron chi connectivity index (χ4n) is 4.68. The third kappa shape index (κ3) is 4.67. The van der Waals surface area contributed by atoms with Gasteiger partial charge in [0.25, 0.3) is 0 Å². The summed E-state index contributed by atoms with van der Waals surface area (Å²) in [6, 6.07) is 18.0. The number of likely N-dealkylation sites (tertiary alicyclic amines) is 1. The van der Waals surface area contributed by atoms with E-state index in [0.29, 0.717) is 19.4 Å². The van der Waals surface area contributed by atoms with Crippen LogP contribution in [0.1, 0.15) is 46.6 Å². The van der Waals surface area contributed by atoms with Gasteiger partial charge in [0.2, 0.25) is 5.91 Å². The van der Waals surface area contributed by atoms with Gasteiger partial charge in [-0.15, -0.1) is 0 Å². The Morgan fingerprint density at radius 1 is 1.00 bits per heavy atom. The average Bonchev–Trinajstić information content (AvgIpc) is 3.08. The third-order valence-electron chi connectivity index (χ3n) is 6.67. The monoisotopic (exact) mass is 429 g/mol. The van der Waals surface area contributed by atoms with Gasteiger partial charge < -0.3 is 4.90 Å². The van der Waals surface area contributed by atoms with Crippen LogP contribution in [0.5, 0.6) is 0 Å². The number of carbonyl (C=O) groups excluding carboxylic acids is 2. The lowest BCUT2D eigenvalue weighted by Gasteiger charge is -2.32. The summed E-state index contributed by atoms with van der Waals surface area (Å²) in [6.45, 7) is 5.29. The Morgan fingerprint density at radius 2 is 1.69 bits per heavy atom. The zero-order valence-electron chi connectivity index (χ0n) is 19.2. The molecule has 1 atom stereocenters. The molecule has 0 spiro atoms. The number of Topliss-reactive ketones (excluding diaryl/α,β-unsaturated/α-hetero) is 1. The van der Waals surface area contributed by atoms with Crippen LogP contribution in [0.4, 0.5) is 0 Å². The zero-order chi connectivity index (χ0) is 22.7. The summed E-state index contributed by atoms with van der Waals surface area (Å²) in [5.74, 6) is 0.141. The van der Waals surface area contributed by atoms with E-state index in [1.165, 1.54) is 0 Å². The van der Waals surface area contributed by atoms with Crippen LogP contribution in [0.2, 0.25) is 0 Å². The summed E-state index contributed by atoms with van der Waals surface area (Å²) in [6.07, 6.45) is 2.86. The highest BCUT2D eigenvalue weighted by atomic mass is 16.2. The number of carbonyl (C=O) groups is 2. The summed E-state index contributed by atoms with van der Waals surface area (Å²) >= 11 is 0. The quantitative estimate of drug-likeness (QED) is 0.531. The van der Waals surface area contributed by atoms with E-state index in [0.717, 1.165) is 53.0 Å². The molecule has 32 heavy (non-hydrogen) atoms. The molecule has 0 bridgehead atoms. The Labute approximate surface area is 190 Å². The lowest BCUT2D eigenvalue weighted by molar-refractivity contribution is -0.132. The molecule has 0 radical (unpaired) electrons. The Kier molecular flexibility index (Phi) is 6.54. The molecule has 1 fully saturated rings. The number of nitrogens with zero attached hydrogens (tertiary/aromatic N) is 3. The molecule has 1 saturated heterocycles. The lowest BCUT2D eigenvalue weighted by atomic mass is 9.89. The van der Waals surface area contributed by atoms with Crippen LogP contribution in [-0.2, 0) is 18.3 Å². The van der Waals surface area contributed by atoms with E-state index in [1.54, 1.807) is 0 Å². The Morgan fingerprint density at radius 3 is 2.34 bits per heavy atom. The van der Waals surface area contributed by atoms with Crippen molar-refractivity contribution in [3.8, 4) is 11.1 Å². The molecule has 5 heteroatoms. The minimum absolute atomic E-state index is 0.128. The van der Waals surface area contributed by atoms with Gasteiger partial charge in [-0.3, -0.25) is 14.3 Å². The number of rotatable bonds is 6. The van der Waals surface area contributed by atoms with Crippen molar-refractivity contribution in [1.29, 1.82) is 0 Å². The van der Waals surface area contributed by atoms with Crippen molar-refractivity contribution in [3.63, 3.8) is 0 Å². The molecule has 0 unspecified atom stereocenters.